The maximum atomic E-state index is 5.78. The number of thiocarbonyl (C=S) groups is 1. The van der Waals surface area contributed by atoms with Gasteiger partial charge in [-0.25, -0.2) is 4.98 Å². The van der Waals surface area contributed by atoms with Crippen LogP contribution in [-0.2, 0) is 13.6 Å². The molecule has 100 valence electrons. The highest BCUT2D eigenvalue weighted by atomic mass is 32.1. The van der Waals surface area contributed by atoms with Crippen molar-refractivity contribution in [3.8, 4) is 0 Å². The smallest absolute Gasteiger partial charge is 0.137 e. The second-order valence-corrected chi connectivity index (χ2v) is 4.91. The quantitative estimate of drug-likeness (QED) is 0.831. The summed E-state index contributed by atoms with van der Waals surface area (Å²) in [5, 5.41) is 7.41. The first-order valence-electron chi connectivity index (χ1n) is 5.98. The first-order chi connectivity index (χ1) is 8.99. The molecule has 0 aliphatic rings. The minimum absolute atomic E-state index is 0.359. The molecule has 0 atom stereocenters. The number of rotatable bonds is 4. The molecule has 2 aromatic heterocycles. The number of hydrogen-bond donors (Lipinski definition) is 2. The standard InChI is InChI=1S/C13H17N5S/c1-8-6-9(2)17-13(11(8)12(14)19)15-7-10-4-5-16-18(10)3/h4-6H,7H2,1-3H3,(H2,14,19)(H,15,17). The molecule has 2 heterocycles. The van der Waals surface area contributed by atoms with Gasteiger partial charge >= 0.3 is 0 Å². The van der Waals surface area contributed by atoms with Crippen molar-refractivity contribution in [2.75, 3.05) is 5.32 Å². The Hall–Kier alpha value is -1.95. The van der Waals surface area contributed by atoms with Crippen LogP contribution in [0.4, 0.5) is 5.82 Å². The summed E-state index contributed by atoms with van der Waals surface area (Å²) in [5.41, 5.74) is 9.62. The average molecular weight is 275 g/mol. The predicted octanol–water partition coefficient (Wildman–Crippen LogP) is 1.68. The molecule has 0 amide bonds. The van der Waals surface area contributed by atoms with Gasteiger partial charge in [0.1, 0.15) is 10.8 Å². The number of aryl methyl sites for hydroxylation is 3. The van der Waals surface area contributed by atoms with Gasteiger partial charge in [0.2, 0.25) is 0 Å². The van der Waals surface area contributed by atoms with Crippen molar-refractivity contribution >= 4 is 23.0 Å². The Balaban J connectivity index is 2.29. The highest BCUT2D eigenvalue weighted by Gasteiger charge is 2.11. The topological polar surface area (TPSA) is 68.8 Å². The van der Waals surface area contributed by atoms with Crippen molar-refractivity contribution in [1.29, 1.82) is 0 Å². The lowest BCUT2D eigenvalue weighted by Crippen LogP contribution is -2.17. The van der Waals surface area contributed by atoms with Crippen LogP contribution in [0.25, 0.3) is 0 Å². The van der Waals surface area contributed by atoms with E-state index in [1.165, 1.54) is 0 Å². The van der Waals surface area contributed by atoms with Gasteiger partial charge < -0.3 is 11.1 Å². The van der Waals surface area contributed by atoms with Crippen LogP contribution >= 0.6 is 12.2 Å². The van der Waals surface area contributed by atoms with E-state index in [9.17, 15) is 0 Å². The number of nitrogens with two attached hydrogens (primary N) is 1. The van der Waals surface area contributed by atoms with Crippen LogP contribution in [0.1, 0.15) is 22.5 Å². The van der Waals surface area contributed by atoms with Gasteiger partial charge in [0.15, 0.2) is 0 Å². The number of aromatic nitrogens is 3. The maximum Gasteiger partial charge on any atom is 0.137 e. The molecule has 0 spiro atoms. The zero-order chi connectivity index (χ0) is 14.0. The van der Waals surface area contributed by atoms with Crippen molar-refractivity contribution in [3.05, 3.63) is 40.8 Å². The first kappa shape index (κ1) is 13.5. The van der Waals surface area contributed by atoms with Gasteiger partial charge in [0, 0.05) is 18.9 Å². The van der Waals surface area contributed by atoms with Crippen molar-refractivity contribution in [2.45, 2.75) is 20.4 Å². The summed E-state index contributed by atoms with van der Waals surface area (Å²) < 4.78 is 1.82. The van der Waals surface area contributed by atoms with Crippen LogP contribution in [0.15, 0.2) is 18.3 Å². The molecule has 2 aromatic rings. The molecule has 0 aliphatic heterocycles. The summed E-state index contributed by atoms with van der Waals surface area (Å²) in [4.78, 5) is 4.83. The van der Waals surface area contributed by atoms with E-state index < -0.39 is 0 Å². The Bertz CT molecular complexity index is 617. The molecular weight excluding hydrogens is 258 g/mol. The summed E-state index contributed by atoms with van der Waals surface area (Å²) in [5.74, 6) is 0.728. The summed E-state index contributed by atoms with van der Waals surface area (Å²) in [6.07, 6.45) is 1.76. The SMILES string of the molecule is Cc1cc(C)c(C(N)=S)c(NCc2ccnn2C)n1. The maximum absolute atomic E-state index is 5.78. The lowest BCUT2D eigenvalue weighted by atomic mass is 10.1. The molecule has 0 radical (unpaired) electrons. The highest BCUT2D eigenvalue weighted by Crippen LogP contribution is 2.19. The number of hydrogen-bond acceptors (Lipinski definition) is 4. The minimum Gasteiger partial charge on any atom is -0.389 e. The summed E-state index contributed by atoms with van der Waals surface area (Å²) in [6, 6.07) is 3.93. The van der Waals surface area contributed by atoms with E-state index in [4.69, 9.17) is 18.0 Å². The predicted molar refractivity (Wildman–Crippen MR) is 80.1 cm³/mol. The number of anilines is 1. The number of nitrogens with zero attached hydrogens (tertiary/aromatic N) is 3. The average Bonchev–Trinajstić information content (AvgIpc) is 2.70. The molecule has 0 unspecified atom stereocenters. The third-order valence-corrected chi connectivity index (χ3v) is 3.15. The van der Waals surface area contributed by atoms with E-state index in [1.807, 2.05) is 37.7 Å². The van der Waals surface area contributed by atoms with Crippen LogP contribution in [0.5, 0.6) is 0 Å². The summed E-state index contributed by atoms with van der Waals surface area (Å²) in [6.45, 7) is 4.56. The third kappa shape index (κ3) is 2.90. The minimum atomic E-state index is 0.359. The first-order valence-corrected chi connectivity index (χ1v) is 6.38. The van der Waals surface area contributed by atoms with Gasteiger partial charge in [-0.3, -0.25) is 4.68 Å². The fourth-order valence-corrected chi connectivity index (χ4v) is 2.28. The highest BCUT2D eigenvalue weighted by molar-refractivity contribution is 7.80. The molecule has 5 nitrogen and oxygen atoms in total. The zero-order valence-electron chi connectivity index (χ0n) is 11.3. The lowest BCUT2D eigenvalue weighted by molar-refractivity contribution is 0.720. The molecule has 0 bridgehead atoms. The van der Waals surface area contributed by atoms with Gasteiger partial charge in [-0.15, -0.1) is 0 Å². The van der Waals surface area contributed by atoms with E-state index in [1.54, 1.807) is 6.20 Å². The van der Waals surface area contributed by atoms with Crippen molar-refractivity contribution in [3.63, 3.8) is 0 Å². The Morgan fingerprint density at radius 1 is 1.47 bits per heavy atom. The molecule has 0 saturated heterocycles. The molecule has 3 N–H and O–H groups in total. The molecule has 6 heteroatoms. The van der Waals surface area contributed by atoms with E-state index >= 15 is 0 Å². The van der Waals surface area contributed by atoms with Crippen LogP contribution in [-0.4, -0.2) is 19.8 Å². The van der Waals surface area contributed by atoms with Gasteiger partial charge in [-0.05, 0) is 31.5 Å². The Kier molecular flexibility index (Phi) is 3.80. The molecular formula is C13H17N5S. The molecule has 19 heavy (non-hydrogen) atoms. The molecule has 0 aromatic carbocycles. The monoisotopic (exact) mass is 275 g/mol. The lowest BCUT2D eigenvalue weighted by Gasteiger charge is -2.13. The Morgan fingerprint density at radius 3 is 2.79 bits per heavy atom. The molecule has 0 saturated carbocycles. The third-order valence-electron chi connectivity index (χ3n) is 2.95. The van der Waals surface area contributed by atoms with Crippen LogP contribution < -0.4 is 11.1 Å². The summed E-state index contributed by atoms with van der Waals surface area (Å²) >= 11 is 5.10. The van der Waals surface area contributed by atoms with Crippen LogP contribution in [0.3, 0.4) is 0 Å². The van der Waals surface area contributed by atoms with Gasteiger partial charge in [0.05, 0.1) is 17.8 Å². The summed E-state index contributed by atoms with van der Waals surface area (Å²) in [7, 11) is 1.90. The van der Waals surface area contributed by atoms with Crippen LogP contribution in [0.2, 0.25) is 0 Å². The van der Waals surface area contributed by atoms with E-state index in [2.05, 4.69) is 15.4 Å². The van der Waals surface area contributed by atoms with Crippen molar-refractivity contribution < 1.29 is 0 Å². The molecule has 0 aliphatic carbocycles. The fourth-order valence-electron chi connectivity index (χ4n) is 2.02. The van der Waals surface area contributed by atoms with Crippen molar-refractivity contribution in [2.24, 2.45) is 12.8 Å². The van der Waals surface area contributed by atoms with Gasteiger partial charge in [-0.2, -0.15) is 5.10 Å². The number of pyridine rings is 1. The normalized spacial score (nSPS) is 10.5. The van der Waals surface area contributed by atoms with Crippen molar-refractivity contribution in [1.82, 2.24) is 14.8 Å². The fraction of sp³-hybridized carbons (Fsp3) is 0.308. The second-order valence-electron chi connectivity index (χ2n) is 4.47. The Labute approximate surface area is 117 Å². The molecule has 2 rings (SSSR count). The van der Waals surface area contributed by atoms with E-state index in [-0.39, 0.29) is 0 Å². The van der Waals surface area contributed by atoms with E-state index in [0.29, 0.717) is 11.5 Å². The van der Waals surface area contributed by atoms with E-state index in [0.717, 1.165) is 28.3 Å². The van der Waals surface area contributed by atoms with Gasteiger partial charge in [0.25, 0.3) is 0 Å². The zero-order valence-corrected chi connectivity index (χ0v) is 12.1. The largest absolute Gasteiger partial charge is 0.389 e. The van der Waals surface area contributed by atoms with Gasteiger partial charge in [-0.1, -0.05) is 12.2 Å². The second kappa shape index (κ2) is 5.36. The Morgan fingerprint density at radius 2 is 2.21 bits per heavy atom. The van der Waals surface area contributed by atoms with Crippen LogP contribution in [0, 0.1) is 13.8 Å². The molecule has 0 fully saturated rings. The number of nitrogens with one attached hydrogen (secondary N) is 1.